The topological polar surface area (TPSA) is 63.4 Å². The molecule has 100 valence electrons. The van der Waals surface area contributed by atoms with E-state index < -0.39 is 9.84 Å². The number of hydrogen-bond donors (Lipinski definition) is 1. The minimum absolute atomic E-state index is 0.113. The second-order valence-electron chi connectivity index (χ2n) is 4.76. The van der Waals surface area contributed by atoms with Crippen LogP contribution in [0.1, 0.15) is 20.3 Å². The molecule has 0 aromatic heterocycles. The number of rotatable bonds is 3. The highest BCUT2D eigenvalue weighted by Gasteiger charge is 2.31. The van der Waals surface area contributed by atoms with E-state index in [-0.39, 0.29) is 17.8 Å². The van der Waals surface area contributed by atoms with Crippen molar-refractivity contribution in [2.45, 2.75) is 37.2 Å². The molecule has 0 aliphatic carbocycles. The Balaban J connectivity index is 2.47. The molecule has 0 amide bonds. The first-order valence-electron chi connectivity index (χ1n) is 6.31. The predicted molar refractivity (Wildman–Crippen MR) is 73.6 cm³/mol. The minimum Gasteiger partial charge on any atom is -0.366 e. The normalized spacial score (nSPS) is 24.5. The van der Waals surface area contributed by atoms with E-state index >= 15 is 0 Å². The van der Waals surface area contributed by atoms with Crippen LogP contribution in [0.4, 0.5) is 5.69 Å². The monoisotopic (exact) mass is 268 g/mol. The Bertz CT molecular complexity index is 528. The standard InChI is InChI=1S/C13H20N2O2S/c1-3-18(16,17)13-7-5-4-6-12(13)15-9-8-11(14)10(15)2/h4-7,10-11H,3,8-9,14H2,1-2H3. The number of para-hydroxylation sites is 1. The average molecular weight is 268 g/mol. The Morgan fingerprint density at radius 2 is 2.06 bits per heavy atom. The van der Waals surface area contributed by atoms with Gasteiger partial charge in [-0.25, -0.2) is 8.42 Å². The molecule has 2 rings (SSSR count). The lowest BCUT2D eigenvalue weighted by Crippen LogP contribution is -2.37. The number of sulfone groups is 1. The zero-order valence-corrected chi connectivity index (χ0v) is 11.7. The maximum Gasteiger partial charge on any atom is 0.180 e. The van der Waals surface area contributed by atoms with Gasteiger partial charge in [0.15, 0.2) is 9.84 Å². The maximum atomic E-state index is 12.1. The van der Waals surface area contributed by atoms with Crippen LogP contribution in [0.3, 0.4) is 0 Å². The molecule has 1 heterocycles. The highest BCUT2D eigenvalue weighted by Crippen LogP contribution is 2.31. The molecule has 0 spiro atoms. The van der Waals surface area contributed by atoms with E-state index in [9.17, 15) is 8.42 Å². The summed E-state index contributed by atoms with van der Waals surface area (Å²) < 4.78 is 24.2. The van der Waals surface area contributed by atoms with Gasteiger partial charge >= 0.3 is 0 Å². The summed E-state index contributed by atoms with van der Waals surface area (Å²) in [5.74, 6) is 0.123. The van der Waals surface area contributed by atoms with Crippen LogP contribution in [0.2, 0.25) is 0 Å². The zero-order chi connectivity index (χ0) is 13.3. The molecule has 5 heteroatoms. The molecule has 1 saturated heterocycles. The van der Waals surface area contributed by atoms with E-state index in [2.05, 4.69) is 4.90 Å². The van der Waals surface area contributed by atoms with E-state index in [4.69, 9.17) is 5.73 Å². The fourth-order valence-electron chi connectivity index (χ4n) is 2.42. The van der Waals surface area contributed by atoms with Gasteiger partial charge in [-0.1, -0.05) is 19.1 Å². The summed E-state index contributed by atoms with van der Waals surface area (Å²) in [5.41, 5.74) is 6.80. The molecule has 2 N–H and O–H groups in total. The van der Waals surface area contributed by atoms with Gasteiger partial charge in [0.2, 0.25) is 0 Å². The highest BCUT2D eigenvalue weighted by molar-refractivity contribution is 7.91. The fourth-order valence-corrected chi connectivity index (χ4v) is 3.52. The second kappa shape index (κ2) is 4.90. The highest BCUT2D eigenvalue weighted by atomic mass is 32.2. The summed E-state index contributed by atoms with van der Waals surface area (Å²) in [7, 11) is -3.19. The lowest BCUT2D eigenvalue weighted by atomic mass is 10.1. The van der Waals surface area contributed by atoms with Crippen LogP contribution in [0.25, 0.3) is 0 Å². The first kappa shape index (κ1) is 13.4. The van der Waals surface area contributed by atoms with Crippen LogP contribution in [-0.2, 0) is 9.84 Å². The molecule has 4 nitrogen and oxygen atoms in total. The van der Waals surface area contributed by atoms with Crippen molar-refractivity contribution in [3.8, 4) is 0 Å². The van der Waals surface area contributed by atoms with Crippen LogP contribution in [0, 0.1) is 0 Å². The molecule has 0 radical (unpaired) electrons. The van der Waals surface area contributed by atoms with Crippen molar-refractivity contribution >= 4 is 15.5 Å². The third-order valence-corrected chi connectivity index (χ3v) is 5.48. The van der Waals surface area contributed by atoms with Gasteiger partial charge in [0.1, 0.15) is 0 Å². The van der Waals surface area contributed by atoms with Crippen molar-refractivity contribution in [3.63, 3.8) is 0 Å². The van der Waals surface area contributed by atoms with Crippen molar-refractivity contribution in [1.29, 1.82) is 0 Å². The van der Waals surface area contributed by atoms with Gasteiger partial charge in [-0.2, -0.15) is 0 Å². The number of nitrogens with two attached hydrogens (primary N) is 1. The largest absolute Gasteiger partial charge is 0.366 e. The molecule has 1 aliphatic heterocycles. The third kappa shape index (κ3) is 2.24. The zero-order valence-electron chi connectivity index (χ0n) is 10.8. The van der Waals surface area contributed by atoms with Crippen molar-refractivity contribution in [1.82, 2.24) is 0 Å². The lowest BCUT2D eigenvalue weighted by molar-refractivity contribution is 0.595. The molecule has 1 fully saturated rings. The Labute approximate surface area is 109 Å². The van der Waals surface area contributed by atoms with E-state index in [1.165, 1.54) is 0 Å². The second-order valence-corrected chi connectivity index (χ2v) is 7.00. The Kier molecular flexibility index (Phi) is 3.64. The number of anilines is 1. The smallest absolute Gasteiger partial charge is 0.180 e. The molecule has 2 unspecified atom stereocenters. The molecule has 18 heavy (non-hydrogen) atoms. The third-order valence-electron chi connectivity index (χ3n) is 3.70. The fraction of sp³-hybridized carbons (Fsp3) is 0.538. The maximum absolute atomic E-state index is 12.1. The van der Waals surface area contributed by atoms with Crippen LogP contribution in [-0.4, -0.2) is 32.8 Å². The SMILES string of the molecule is CCS(=O)(=O)c1ccccc1N1CCC(N)C1C. The van der Waals surface area contributed by atoms with Gasteiger partial charge < -0.3 is 10.6 Å². The van der Waals surface area contributed by atoms with Gasteiger partial charge in [-0.05, 0) is 25.5 Å². The van der Waals surface area contributed by atoms with Crippen molar-refractivity contribution < 1.29 is 8.42 Å². The molecule has 1 aromatic carbocycles. The van der Waals surface area contributed by atoms with E-state index in [1.807, 2.05) is 19.1 Å². The number of nitrogens with zero attached hydrogens (tertiary/aromatic N) is 1. The van der Waals surface area contributed by atoms with Gasteiger partial charge in [-0.3, -0.25) is 0 Å². The van der Waals surface area contributed by atoms with Gasteiger partial charge in [0.25, 0.3) is 0 Å². The average Bonchev–Trinajstić information content (AvgIpc) is 2.70. The van der Waals surface area contributed by atoms with Crippen LogP contribution < -0.4 is 10.6 Å². The molecular formula is C13H20N2O2S. The van der Waals surface area contributed by atoms with Crippen LogP contribution >= 0.6 is 0 Å². The predicted octanol–water partition coefficient (Wildman–Crippen LogP) is 1.41. The Morgan fingerprint density at radius 3 is 2.61 bits per heavy atom. The minimum atomic E-state index is -3.19. The molecular weight excluding hydrogens is 248 g/mol. The summed E-state index contributed by atoms with van der Waals surface area (Å²) in [6.07, 6.45) is 0.904. The molecule has 0 saturated carbocycles. The van der Waals surface area contributed by atoms with Gasteiger partial charge in [-0.15, -0.1) is 0 Å². The molecule has 0 bridgehead atoms. The molecule has 1 aromatic rings. The lowest BCUT2D eigenvalue weighted by Gasteiger charge is -2.27. The summed E-state index contributed by atoms with van der Waals surface area (Å²) in [4.78, 5) is 2.53. The Morgan fingerprint density at radius 1 is 1.39 bits per heavy atom. The van der Waals surface area contributed by atoms with Gasteiger partial charge in [0.05, 0.1) is 16.3 Å². The summed E-state index contributed by atoms with van der Waals surface area (Å²) in [6, 6.07) is 7.50. The summed E-state index contributed by atoms with van der Waals surface area (Å²) >= 11 is 0. The first-order chi connectivity index (χ1) is 8.47. The first-order valence-corrected chi connectivity index (χ1v) is 7.96. The van der Waals surface area contributed by atoms with E-state index in [1.54, 1.807) is 19.1 Å². The quantitative estimate of drug-likeness (QED) is 0.900. The Hall–Kier alpha value is -1.07. The number of benzene rings is 1. The van der Waals surface area contributed by atoms with E-state index in [0.717, 1.165) is 18.7 Å². The van der Waals surface area contributed by atoms with Crippen molar-refractivity contribution in [3.05, 3.63) is 24.3 Å². The van der Waals surface area contributed by atoms with E-state index in [0.29, 0.717) is 4.90 Å². The van der Waals surface area contributed by atoms with Crippen LogP contribution in [0.15, 0.2) is 29.2 Å². The van der Waals surface area contributed by atoms with Crippen molar-refractivity contribution in [2.75, 3.05) is 17.2 Å². The molecule has 2 atom stereocenters. The summed E-state index contributed by atoms with van der Waals surface area (Å²) in [5, 5.41) is 0. The van der Waals surface area contributed by atoms with Crippen LogP contribution in [0.5, 0.6) is 0 Å². The summed E-state index contributed by atoms with van der Waals surface area (Å²) in [6.45, 7) is 4.54. The number of hydrogen-bond acceptors (Lipinski definition) is 4. The molecule has 1 aliphatic rings. The van der Waals surface area contributed by atoms with Gasteiger partial charge in [0, 0.05) is 18.6 Å². The van der Waals surface area contributed by atoms with Crippen molar-refractivity contribution in [2.24, 2.45) is 5.73 Å².